The fourth-order valence-corrected chi connectivity index (χ4v) is 3.10. The highest BCUT2D eigenvalue weighted by Crippen LogP contribution is 2.27. The summed E-state index contributed by atoms with van der Waals surface area (Å²) in [6, 6.07) is 10.3. The van der Waals surface area contributed by atoms with Crippen molar-refractivity contribution in [1.29, 1.82) is 10.7 Å². The molecule has 0 aliphatic rings. The molecule has 0 saturated heterocycles. The molecule has 0 aliphatic heterocycles. The molecule has 2 heterocycles. The Morgan fingerprint density at radius 3 is 2.66 bits per heavy atom. The molecule has 0 saturated carbocycles. The monoisotopic (exact) mass is 387 g/mol. The Hall–Kier alpha value is -3.83. The van der Waals surface area contributed by atoms with Gasteiger partial charge in [-0.3, -0.25) is 11.1 Å². The van der Waals surface area contributed by atoms with E-state index in [2.05, 4.69) is 15.2 Å². The largest absolute Gasteiger partial charge is 0.471 e. The van der Waals surface area contributed by atoms with Crippen LogP contribution < -0.4 is 16.2 Å². The smallest absolute Gasteiger partial charge is 0.176 e. The van der Waals surface area contributed by atoms with Crippen molar-refractivity contribution in [3.8, 4) is 11.8 Å². The Morgan fingerprint density at radius 2 is 1.97 bits per heavy atom. The zero-order valence-corrected chi connectivity index (χ0v) is 16.4. The van der Waals surface area contributed by atoms with Crippen LogP contribution in [0.2, 0.25) is 0 Å². The van der Waals surface area contributed by atoms with Crippen molar-refractivity contribution in [2.45, 2.75) is 27.0 Å². The number of rotatable bonds is 5. The third-order valence-electron chi connectivity index (χ3n) is 4.47. The molecule has 29 heavy (non-hydrogen) atoms. The van der Waals surface area contributed by atoms with Crippen molar-refractivity contribution in [3.63, 3.8) is 0 Å². The van der Waals surface area contributed by atoms with E-state index in [4.69, 9.17) is 26.9 Å². The second kappa shape index (κ2) is 8.04. The first kappa shape index (κ1) is 19.9. The molecule has 0 radical (unpaired) electrons. The molecule has 8 heteroatoms. The summed E-state index contributed by atoms with van der Waals surface area (Å²) in [5.41, 5.74) is 17.2. The number of nitrogens with one attached hydrogen (secondary N) is 1. The molecule has 8 nitrogen and oxygen atoms in total. The van der Waals surface area contributed by atoms with Crippen LogP contribution in [-0.4, -0.2) is 20.9 Å². The van der Waals surface area contributed by atoms with Crippen LogP contribution in [0.15, 0.2) is 36.5 Å². The van der Waals surface area contributed by atoms with Gasteiger partial charge in [0.15, 0.2) is 6.23 Å². The lowest BCUT2D eigenvalue weighted by Crippen LogP contribution is -2.21. The summed E-state index contributed by atoms with van der Waals surface area (Å²) < 4.78 is 5.91. The third-order valence-corrected chi connectivity index (χ3v) is 4.47. The summed E-state index contributed by atoms with van der Waals surface area (Å²) in [6.45, 7) is 5.48. The summed E-state index contributed by atoms with van der Waals surface area (Å²) >= 11 is 0. The Morgan fingerprint density at radius 1 is 1.21 bits per heavy atom. The van der Waals surface area contributed by atoms with E-state index < -0.39 is 6.23 Å². The van der Waals surface area contributed by atoms with E-state index in [-0.39, 0.29) is 11.4 Å². The van der Waals surface area contributed by atoms with Crippen LogP contribution in [0, 0.1) is 37.5 Å². The molecule has 0 unspecified atom stereocenters. The van der Waals surface area contributed by atoms with E-state index in [9.17, 15) is 0 Å². The fraction of sp³-hybridized carbons (Fsp3) is 0.190. The maximum absolute atomic E-state index is 9.14. The SMILES string of the molecule is Cc1cc(C(=N)c2cc(O[C@H](N)c3c(C)cnnc3C)ccc2N)cc(C#N)n1. The quantitative estimate of drug-likeness (QED) is 0.346. The average Bonchev–Trinajstić information content (AvgIpc) is 2.68. The number of nitrogens with two attached hydrogens (primary N) is 2. The van der Waals surface area contributed by atoms with Crippen molar-refractivity contribution < 1.29 is 4.74 Å². The highest BCUT2D eigenvalue weighted by atomic mass is 16.5. The van der Waals surface area contributed by atoms with E-state index in [0.717, 1.165) is 11.1 Å². The summed E-state index contributed by atoms with van der Waals surface area (Å²) in [6.07, 6.45) is 0.887. The van der Waals surface area contributed by atoms with Crippen molar-refractivity contribution in [1.82, 2.24) is 15.2 Å². The van der Waals surface area contributed by atoms with Gasteiger partial charge in [0.25, 0.3) is 0 Å². The van der Waals surface area contributed by atoms with Gasteiger partial charge in [0.1, 0.15) is 17.5 Å². The van der Waals surface area contributed by atoms with Gasteiger partial charge in [-0.05, 0) is 56.7 Å². The number of nitrogens with zero attached hydrogens (tertiary/aromatic N) is 4. The van der Waals surface area contributed by atoms with E-state index in [1.54, 1.807) is 43.5 Å². The number of nitriles is 1. The maximum atomic E-state index is 9.14. The van der Waals surface area contributed by atoms with Gasteiger partial charge in [-0.2, -0.15) is 15.5 Å². The molecular formula is C21H21N7O. The number of aryl methyl sites for hydroxylation is 3. The number of hydrogen-bond donors (Lipinski definition) is 3. The van der Waals surface area contributed by atoms with Gasteiger partial charge < -0.3 is 10.5 Å². The number of nitrogen functional groups attached to an aromatic ring is 1. The van der Waals surface area contributed by atoms with Crippen LogP contribution in [0.4, 0.5) is 5.69 Å². The second-order valence-electron chi connectivity index (χ2n) is 6.68. The average molecular weight is 387 g/mol. The first-order valence-electron chi connectivity index (χ1n) is 8.88. The molecule has 1 atom stereocenters. The Kier molecular flexibility index (Phi) is 5.52. The molecule has 1 aromatic carbocycles. The van der Waals surface area contributed by atoms with Gasteiger partial charge in [0, 0.05) is 28.1 Å². The van der Waals surface area contributed by atoms with Crippen molar-refractivity contribution in [2.75, 3.05) is 5.73 Å². The molecule has 0 fully saturated rings. The van der Waals surface area contributed by atoms with E-state index in [0.29, 0.717) is 34.0 Å². The van der Waals surface area contributed by atoms with Gasteiger partial charge in [-0.15, -0.1) is 0 Å². The number of ether oxygens (including phenoxy) is 1. The van der Waals surface area contributed by atoms with E-state index in [1.165, 1.54) is 0 Å². The predicted octanol–water partition coefficient (Wildman–Crippen LogP) is 2.70. The number of pyridine rings is 1. The predicted molar refractivity (Wildman–Crippen MR) is 110 cm³/mol. The Bertz CT molecular complexity index is 1110. The molecular weight excluding hydrogens is 366 g/mol. The fourth-order valence-electron chi connectivity index (χ4n) is 3.10. The van der Waals surface area contributed by atoms with Crippen LogP contribution >= 0.6 is 0 Å². The number of hydrogen-bond acceptors (Lipinski definition) is 8. The van der Waals surface area contributed by atoms with Gasteiger partial charge >= 0.3 is 0 Å². The van der Waals surface area contributed by atoms with Crippen LogP contribution in [-0.2, 0) is 0 Å². The Labute approximate surface area is 168 Å². The molecule has 0 aliphatic carbocycles. The summed E-state index contributed by atoms with van der Waals surface area (Å²) in [4.78, 5) is 4.12. The molecule has 0 bridgehead atoms. The number of aromatic nitrogens is 3. The summed E-state index contributed by atoms with van der Waals surface area (Å²) in [5.74, 6) is 0.466. The third kappa shape index (κ3) is 4.20. The first-order chi connectivity index (χ1) is 13.8. The van der Waals surface area contributed by atoms with Gasteiger partial charge in [-0.25, -0.2) is 4.98 Å². The minimum absolute atomic E-state index is 0.168. The second-order valence-corrected chi connectivity index (χ2v) is 6.68. The van der Waals surface area contributed by atoms with Crippen LogP contribution in [0.5, 0.6) is 5.75 Å². The lowest BCUT2D eigenvalue weighted by atomic mass is 10.00. The van der Waals surface area contributed by atoms with Gasteiger partial charge in [-0.1, -0.05) is 0 Å². The molecule has 3 rings (SSSR count). The van der Waals surface area contributed by atoms with Gasteiger partial charge in [0.2, 0.25) is 0 Å². The lowest BCUT2D eigenvalue weighted by Gasteiger charge is -2.19. The zero-order valence-electron chi connectivity index (χ0n) is 16.4. The summed E-state index contributed by atoms with van der Waals surface area (Å²) in [7, 11) is 0. The van der Waals surface area contributed by atoms with Crippen LogP contribution in [0.3, 0.4) is 0 Å². The van der Waals surface area contributed by atoms with Crippen molar-refractivity contribution in [2.24, 2.45) is 5.73 Å². The number of benzene rings is 1. The molecule has 0 amide bonds. The van der Waals surface area contributed by atoms with E-state index >= 15 is 0 Å². The van der Waals surface area contributed by atoms with E-state index in [1.807, 2.05) is 19.9 Å². The maximum Gasteiger partial charge on any atom is 0.176 e. The molecule has 2 aromatic heterocycles. The van der Waals surface area contributed by atoms with Crippen molar-refractivity contribution >= 4 is 11.4 Å². The highest BCUT2D eigenvalue weighted by molar-refractivity contribution is 6.14. The normalized spacial score (nSPS) is 11.6. The topological polar surface area (TPSA) is 148 Å². The molecule has 3 aromatic rings. The highest BCUT2D eigenvalue weighted by Gasteiger charge is 2.17. The van der Waals surface area contributed by atoms with Crippen molar-refractivity contribution in [3.05, 3.63) is 75.9 Å². The minimum Gasteiger partial charge on any atom is -0.471 e. The molecule has 0 spiro atoms. The first-order valence-corrected chi connectivity index (χ1v) is 8.88. The van der Waals surface area contributed by atoms with Crippen LogP contribution in [0.25, 0.3) is 0 Å². The molecule has 146 valence electrons. The lowest BCUT2D eigenvalue weighted by molar-refractivity contribution is 0.211. The van der Waals surface area contributed by atoms with Gasteiger partial charge in [0.05, 0.1) is 17.6 Å². The van der Waals surface area contributed by atoms with Crippen LogP contribution in [0.1, 0.15) is 45.6 Å². The Balaban J connectivity index is 1.93. The number of anilines is 1. The summed E-state index contributed by atoms with van der Waals surface area (Å²) in [5, 5.41) is 25.6. The molecule has 5 N–H and O–H groups in total. The zero-order chi connectivity index (χ0) is 21.1. The standard InChI is InChI=1S/C21H21N7O/c1-11-10-26-28-13(3)19(11)21(25)29-16-4-5-18(23)17(8-16)20(24)14-6-12(2)27-15(7-14)9-22/h4-8,10,21,24H,23,25H2,1-3H3/t21-/m0/s1. The minimum atomic E-state index is -0.746.